The van der Waals surface area contributed by atoms with Gasteiger partial charge in [-0.05, 0) is 38.5 Å². The van der Waals surface area contributed by atoms with Gasteiger partial charge in [-0.15, -0.1) is 0 Å². The van der Waals surface area contributed by atoms with E-state index in [1.165, 1.54) is 18.2 Å². The molecule has 1 N–H and O–H groups in total. The van der Waals surface area contributed by atoms with Crippen LogP contribution in [0.1, 0.15) is 32.3 Å². The lowest BCUT2D eigenvalue weighted by Crippen LogP contribution is -2.28. The van der Waals surface area contributed by atoms with Gasteiger partial charge in [-0.25, -0.2) is 13.6 Å². The zero-order chi connectivity index (χ0) is 16.2. The number of rotatable bonds is 5. The Morgan fingerprint density at radius 1 is 1.48 bits per heavy atom. The molecule has 0 aromatic heterocycles. The summed E-state index contributed by atoms with van der Waals surface area (Å²) in [4.78, 5) is 10.8. The molecular weight excluding hydrogens is 300 g/mol. The van der Waals surface area contributed by atoms with Crippen molar-refractivity contribution in [3.8, 4) is 0 Å². The number of carboxylic acid groups (broad SMARTS) is 1. The highest BCUT2D eigenvalue weighted by Crippen LogP contribution is 2.24. The molecule has 0 saturated carbocycles. The number of nitrogens with zero attached hydrogens (tertiary/aromatic N) is 1. The quantitative estimate of drug-likeness (QED) is 0.670. The molecule has 0 bridgehead atoms. The SMILES string of the molecule is CC(C)(C)[S+]([O-])N=CC(c1cccc(F)c1)[C@@H](F)C(=O)O. The molecule has 1 rings (SSSR count). The second-order valence-corrected chi connectivity index (χ2v) is 7.37. The predicted molar refractivity (Wildman–Crippen MR) is 78.1 cm³/mol. The van der Waals surface area contributed by atoms with E-state index in [9.17, 15) is 18.1 Å². The van der Waals surface area contributed by atoms with Crippen LogP contribution < -0.4 is 0 Å². The highest BCUT2D eigenvalue weighted by Gasteiger charge is 2.31. The fraction of sp³-hybridized carbons (Fsp3) is 0.429. The van der Waals surface area contributed by atoms with E-state index in [4.69, 9.17) is 5.11 Å². The molecule has 3 atom stereocenters. The van der Waals surface area contributed by atoms with Crippen LogP contribution in [-0.4, -0.2) is 32.8 Å². The van der Waals surface area contributed by atoms with E-state index >= 15 is 0 Å². The van der Waals surface area contributed by atoms with Crippen molar-refractivity contribution in [3.63, 3.8) is 0 Å². The van der Waals surface area contributed by atoms with Crippen LogP contribution in [-0.2, 0) is 16.2 Å². The fourth-order valence-electron chi connectivity index (χ4n) is 1.48. The summed E-state index contributed by atoms with van der Waals surface area (Å²) in [6.07, 6.45) is -1.32. The van der Waals surface area contributed by atoms with Crippen molar-refractivity contribution in [2.24, 2.45) is 4.40 Å². The number of hydrogen-bond acceptors (Lipinski definition) is 3. The summed E-state index contributed by atoms with van der Waals surface area (Å²) in [5.41, 5.74) is 0.125. The first kappa shape index (κ1) is 17.6. The maximum atomic E-state index is 13.8. The van der Waals surface area contributed by atoms with Gasteiger partial charge in [0.1, 0.15) is 21.9 Å². The van der Waals surface area contributed by atoms with Crippen LogP contribution in [0.3, 0.4) is 0 Å². The number of benzene rings is 1. The second-order valence-electron chi connectivity index (χ2n) is 5.44. The minimum Gasteiger partial charge on any atom is -0.591 e. The van der Waals surface area contributed by atoms with Gasteiger partial charge in [0.05, 0.1) is 12.1 Å². The summed E-state index contributed by atoms with van der Waals surface area (Å²) >= 11 is -1.65. The molecule has 0 amide bonds. The highest BCUT2D eigenvalue weighted by atomic mass is 32.2. The Morgan fingerprint density at radius 2 is 2.10 bits per heavy atom. The smallest absolute Gasteiger partial charge is 0.339 e. The molecule has 0 fully saturated rings. The third-order valence-electron chi connectivity index (χ3n) is 2.63. The van der Waals surface area contributed by atoms with Crippen molar-refractivity contribution in [2.45, 2.75) is 37.6 Å². The second kappa shape index (κ2) is 7.00. The predicted octanol–water partition coefficient (Wildman–Crippen LogP) is 2.87. The molecule has 1 aromatic rings. The Labute approximate surface area is 125 Å². The topological polar surface area (TPSA) is 72.7 Å². The maximum absolute atomic E-state index is 13.8. The zero-order valence-corrected chi connectivity index (χ0v) is 12.7. The molecule has 1 aromatic carbocycles. The van der Waals surface area contributed by atoms with Gasteiger partial charge in [0.2, 0.25) is 6.17 Å². The number of carboxylic acids is 1. The molecule has 116 valence electrons. The summed E-state index contributed by atoms with van der Waals surface area (Å²) in [5, 5.41) is 8.80. The van der Waals surface area contributed by atoms with E-state index in [0.29, 0.717) is 0 Å². The first-order chi connectivity index (χ1) is 9.62. The van der Waals surface area contributed by atoms with Gasteiger partial charge >= 0.3 is 5.97 Å². The Kier molecular flexibility index (Phi) is 5.86. The molecule has 4 nitrogen and oxygen atoms in total. The summed E-state index contributed by atoms with van der Waals surface area (Å²) in [6.45, 7) is 5.05. The number of carbonyl (C=O) groups is 1. The molecule has 0 aliphatic carbocycles. The zero-order valence-electron chi connectivity index (χ0n) is 11.9. The largest absolute Gasteiger partial charge is 0.591 e. The molecule has 0 heterocycles. The van der Waals surface area contributed by atoms with Crippen molar-refractivity contribution in [3.05, 3.63) is 35.6 Å². The van der Waals surface area contributed by atoms with Crippen molar-refractivity contribution in [1.29, 1.82) is 0 Å². The Hall–Kier alpha value is -1.47. The normalized spacial score (nSPS) is 16.7. The van der Waals surface area contributed by atoms with Gasteiger partial charge in [0.15, 0.2) is 0 Å². The third kappa shape index (κ3) is 5.09. The van der Waals surface area contributed by atoms with Crippen molar-refractivity contribution < 1.29 is 23.2 Å². The molecule has 0 spiro atoms. The highest BCUT2D eigenvalue weighted by molar-refractivity contribution is 7.91. The Bertz CT molecular complexity index is 531. The van der Waals surface area contributed by atoms with E-state index in [0.717, 1.165) is 12.3 Å². The average molecular weight is 317 g/mol. The van der Waals surface area contributed by atoms with Crippen molar-refractivity contribution in [1.82, 2.24) is 0 Å². The van der Waals surface area contributed by atoms with Gasteiger partial charge in [0, 0.05) is 0 Å². The molecule has 7 heteroatoms. The minimum absolute atomic E-state index is 0.125. The van der Waals surface area contributed by atoms with Gasteiger partial charge in [-0.1, -0.05) is 16.5 Å². The average Bonchev–Trinajstić information content (AvgIpc) is 2.37. The number of hydrogen-bond donors (Lipinski definition) is 1. The van der Waals surface area contributed by atoms with Gasteiger partial charge < -0.3 is 9.66 Å². The standard InChI is InChI=1S/C14H17F2NO3S/c1-14(2,3)21(20)17-8-11(12(16)13(18)19)9-5-4-6-10(15)7-9/h4-8,11-12H,1-3H3,(H,18,19)/t11?,12-,21?/m1/s1. The van der Waals surface area contributed by atoms with E-state index in [-0.39, 0.29) is 5.56 Å². The van der Waals surface area contributed by atoms with Crippen molar-refractivity contribution >= 4 is 23.5 Å². The Balaban J connectivity index is 3.10. The molecular formula is C14H17F2NO3S. The van der Waals surface area contributed by atoms with Gasteiger partial charge in [-0.2, -0.15) is 0 Å². The van der Waals surface area contributed by atoms with Crippen LogP contribution in [0.25, 0.3) is 0 Å². The number of halogens is 2. The van der Waals surface area contributed by atoms with E-state index in [1.807, 2.05) is 0 Å². The summed E-state index contributed by atoms with van der Waals surface area (Å²) in [7, 11) is 0. The first-order valence-corrected chi connectivity index (χ1v) is 7.32. The molecule has 0 aliphatic rings. The van der Waals surface area contributed by atoms with Gasteiger partial charge in [0.25, 0.3) is 0 Å². The fourth-order valence-corrected chi connectivity index (χ4v) is 2.03. The van der Waals surface area contributed by atoms with Crippen LogP contribution in [0.15, 0.2) is 28.7 Å². The van der Waals surface area contributed by atoms with Crippen LogP contribution in [0, 0.1) is 5.82 Å². The summed E-state index contributed by atoms with van der Waals surface area (Å²) in [5.74, 6) is -3.60. The van der Waals surface area contributed by atoms with Crippen LogP contribution in [0.5, 0.6) is 0 Å². The third-order valence-corrected chi connectivity index (χ3v) is 3.99. The van der Waals surface area contributed by atoms with E-state index in [2.05, 4.69) is 4.40 Å². The Morgan fingerprint density at radius 3 is 2.57 bits per heavy atom. The first-order valence-electron chi connectivity index (χ1n) is 6.21. The van der Waals surface area contributed by atoms with E-state index in [1.54, 1.807) is 20.8 Å². The van der Waals surface area contributed by atoms with Crippen LogP contribution in [0.2, 0.25) is 0 Å². The lowest BCUT2D eigenvalue weighted by molar-refractivity contribution is -0.142. The van der Waals surface area contributed by atoms with Crippen LogP contribution in [0.4, 0.5) is 8.78 Å². The lowest BCUT2D eigenvalue weighted by atomic mass is 9.95. The van der Waals surface area contributed by atoms with E-state index < -0.39 is 40.0 Å². The van der Waals surface area contributed by atoms with Crippen molar-refractivity contribution in [2.75, 3.05) is 0 Å². The monoisotopic (exact) mass is 317 g/mol. The maximum Gasteiger partial charge on any atom is 0.339 e. The van der Waals surface area contributed by atoms with Gasteiger partial charge in [-0.3, -0.25) is 0 Å². The summed E-state index contributed by atoms with van der Waals surface area (Å²) < 4.78 is 41.9. The molecule has 2 unspecified atom stereocenters. The number of aliphatic carboxylic acids is 1. The number of alkyl halides is 1. The molecule has 0 radical (unpaired) electrons. The lowest BCUT2D eigenvalue weighted by Gasteiger charge is -2.19. The molecule has 21 heavy (non-hydrogen) atoms. The molecule has 0 saturated heterocycles. The minimum atomic E-state index is -2.30. The van der Waals surface area contributed by atoms with Crippen LogP contribution >= 0.6 is 0 Å². The summed E-state index contributed by atoms with van der Waals surface area (Å²) in [6, 6.07) is 4.95. The molecule has 0 aliphatic heterocycles.